The minimum atomic E-state index is -0.435. The molecule has 4 amide bonds. The molecular formula is C59H74N10O8. The van der Waals surface area contributed by atoms with Crippen LogP contribution in [0.3, 0.4) is 0 Å². The van der Waals surface area contributed by atoms with Gasteiger partial charge in [0.1, 0.15) is 11.6 Å². The van der Waals surface area contributed by atoms with Gasteiger partial charge in [-0.1, -0.05) is 54.6 Å². The van der Waals surface area contributed by atoms with Crippen molar-refractivity contribution in [3.63, 3.8) is 0 Å². The van der Waals surface area contributed by atoms with Gasteiger partial charge in [-0.2, -0.15) is 9.97 Å². The number of amides is 4. The zero-order valence-corrected chi connectivity index (χ0v) is 45.5. The Morgan fingerprint density at radius 3 is 1.43 bits per heavy atom. The summed E-state index contributed by atoms with van der Waals surface area (Å²) in [6, 6.07) is 17.5. The zero-order valence-electron chi connectivity index (χ0n) is 45.5. The third kappa shape index (κ3) is 11.2. The molecule has 6 fully saturated rings. The van der Waals surface area contributed by atoms with E-state index < -0.39 is 5.92 Å². The van der Waals surface area contributed by atoms with Crippen molar-refractivity contribution in [1.29, 1.82) is 0 Å². The maximum Gasteiger partial charge on any atom is 0.347 e. The van der Waals surface area contributed by atoms with Crippen molar-refractivity contribution < 1.29 is 28.8 Å². The fourth-order valence-corrected chi connectivity index (χ4v) is 13.6. The van der Waals surface area contributed by atoms with Crippen molar-refractivity contribution in [2.24, 2.45) is 49.6 Å². The molecule has 6 heterocycles. The van der Waals surface area contributed by atoms with Crippen LogP contribution < -0.4 is 22.0 Å². The third-order valence-electron chi connectivity index (χ3n) is 18.4. The molecule has 6 aliphatic rings. The van der Waals surface area contributed by atoms with Gasteiger partial charge in [-0.15, -0.1) is 0 Å². The van der Waals surface area contributed by atoms with E-state index >= 15 is 0 Å². The molecule has 18 heteroatoms. The van der Waals surface area contributed by atoms with Gasteiger partial charge in [0.05, 0.1) is 34.6 Å². The molecule has 2 saturated carbocycles. The summed E-state index contributed by atoms with van der Waals surface area (Å²) in [5.41, 5.74) is 5.27. The van der Waals surface area contributed by atoms with Gasteiger partial charge < -0.3 is 30.2 Å². The molecule has 0 spiro atoms. The number of aromatic nitrogens is 4. The molecule has 2 aliphatic carbocycles. The van der Waals surface area contributed by atoms with Crippen LogP contribution in [0.4, 0.5) is 0 Å². The highest BCUT2D eigenvalue weighted by Gasteiger charge is 2.44. The summed E-state index contributed by atoms with van der Waals surface area (Å²) in [7, 11) is 3.28. The molecule has 4 aliphatic heterocycles. The van der Waals surface area contributed by atoms with Gasteiger partial charge in [-0.25, -0.2) is 9.59 Å². The molecule has 77 heavy (non-hydrogen) atoms. The average Bonchev–Trinajstić information content (AvgIpc) is 4.28. The van der Waals surface area contributed by atoms with E-state index in [1.807, 2.05) is 64.4 Å². The minimum absolute atomic E-state index is 0.0429. The summed E-state index contributed by atoms with van der Waals surface area (Å²) in [5, 5.41) is 6.64. The molecule has 2 aromatic carbocycles. The van der Waals surface area contributed by atoms with Crippen LogP contribution in [0.2, 0.25) is 0 Å². The summed E-state index contributed by atoms with van der Waals surface area (Å²) < 4.78 is 2.85. The summed E-state index contributed by atoms with van der Waals surface area (Å²) in [4.78, 5) is 123. The Bertz CT molecular complexity index is 3050. The van der Waals surface area contributed by atoms with Gasteiger partial charge in [0.15, 0.2) is 0 Å². The molecule has 0 bridgehead atoms. The first-order valence-corrected chi connectivity index (χ1v) is 27.8. The van der Waals surface area contributed by atoms with E-state index in [2.05, 4.69) is 30.4 Å². The first-order valence-electron chi connectivity index (χ1n) is 27.8. The van der Waals surface area contributed by atoms with Crippen LogP contribution in [0, 0.1) is 63.2 Å². The number of rotatable bonds is 15. The van der Waals surface area contributed by atoms with E-state index in [1.165, 1.54) is 9.13 Å². The van der Waals surface area contributed by atoms with Gasteiger partial charge in [0.25, 0.3) is 11.8 Å². The highest BCUT2D eigenvalue weighted by Crippen LogP contribution is 2.38. The number of nitrogens with one attached hydrogen (secondary N) is 2. The Hall–Kier alpha value is -6.66. The van der Waals surface area contributed by atoms with Crippen molar-refractivity contribution in [2.75, 3.05) is 65.4 Å². The van der Waals surface area contributed by atoms with E-state index in [1.54, 1.807) is 41.8 Å². The number of hydrogen-bond donors (Lipinski definition) is 2. The average molecular weight is 1050 g/mol. The van der Waals surface area contributed by atoms with Crippen molar-refractivity contribution in [3.8, 4) is 0 Å². The monoisotopic (exact) mass is 1050 g/mol. The third-order valence-corrected chi connectivity index (χ3v) is 18.4. The molecule has 2 N–H and O–H groups in total. The molecule has 18 nitrogen and oxygen atoms in total. The van der Waals surface area contributed by atoms with Gasteiger partial charge >= 0.3 is 11.4 Å². The number of nitrogens with zero attached hydrogens (tertiary/aromatic N) is 8. The van der Waals surface area contributed by atoms with Crippen LogP contribution in [-0.2, 0) is 33.3 Å². The Morgan fingerprint density at radius 1 is 0.558 bits per heavy atom. The Kier molecular flexibility index (Phi) is 15.6. The van der Waals surface area contributed by atoms with Gasteiger partial charge in [0, 0.05) is 128 Å². The molecule has 7 unspecified atom stereocenters. The van der Waals surface area contributed by atoms with Gasteiger partial charge in [-0.05, 0) is 100 Å². The molecule has 2 aromatic heterocycles. The quantitative estimate of drug-likeness (QED) is 0.172. The second-order valence-electron chi connectivity index (χ2n) is 23.2. The highest BCUT2D eigenvalue weighted by molar-refractivity contribution is 5.97. The van der Waals surface area contributed by atoms with Crippen LogP contribution >= 0.6 is 0 Å². The van der Waals surface area contributed by atoms with E-state index in [4.69, 9.17) is 0 Å². The molecule has 10 rings (SSSR count). The number of aryl methyl sites for hydroxylation is 2. The lowest BCUT2D eigenvalue weighted by molar-refractivity contribution is -0.133. The molecule has 4 saturated heterocycles. The van der Waals surface area contributed by atoms with Crippen molar-refractivity contribution in [2.45, 2.75) is 97.1 Å². The molecule has 4 aromatic rings. The SMILES string of the molecule is Cc1nc(=O)n(C)c(C)c1C(=O)N1CC2CN(CC[C@H](NC(=O)C3CCC(=O)C3)c3ccc(C4CCC(C(=O)N[C@@H](CCN5CC6CN(C(=O)c7c(C)nc(=O)n(C)c7C)CC6C5)c5ccccc5)CC4=O)cc3)CC2C1. The van der Waals surface area contributed by atoms with E-state index in [-0.39, 0.29) is 83.3 Å². The number of carbonyl (C=O) groups is 6. The summed E-state index contributed by atoms with van der Waals surface area (Å²) in [6.45, 7) is 14.5. The Balaban J connectivity index is 0.725. The number of hydrogen-bond acceptors (Lipinski definition) is 12. The fourth-order valence-electron chi connectivity index (χ4n) is 13.6. The van der Waals surface area contributed by atoms with Crippen molar-refractivity contribution in [3.05, 3.63) is 126 Å². The lowest BCUT2D eigenvalue weighted by Gasteiger charge is -2.30. The second-order valence-corrected chi connectivity index (χ2v) is 23.2. The maximum absolute atomic E-state index is 14.1. The zero-order chi connectivity index (χ0) is 54.4. The number of fused-ring (bicyclic) bond motifs is 2. The van der Waals surface area contributed by atoms with E-state index in [0.29, 0.717) is 122 Å². The van der Waals surface area contributed by atoms with Crippen LogP contribution in [0.25, 0.3) is 0 Å². The normalized spacial score (nSPS) is 25.2. The number of Topliss-reactive ketones (excluding diaryl/α,β-unsaturated/α-hetero) is 2. The number of carbonyl (C=O) groups excluding carboxylic acids is 6. The molecule has 408 valence electrons. The van der Waals surface area contributed by atoms with Crippen LogP contribution in [0.15, 0.2) is 64.2 Å². The van der Waals surface area contributed by atoms with E-state index in [0.717, 1.165) is 56.0 Å². The fraction of sp³-hybridized carbons (Fsp3) is 0.559. The topological polar surface area (TPSA) is 209 Å². The lowest BCUT2D eigenvalue weighted by Crippen LogP contribution is -2.39. The maximum atomic E-state index is 14.1. The number of likely N-dealkylation sites (tertiary alicyclic amines) is 4. The predicted octanol–water partition coefficient (Wildman–Crippen LogP) is 4.13. The number of ketones is 2. The van der Waals surface area contributed by atoms with Crippen LogP contribution in [0.1, 0.15) is 130 Å². The Labute approximate surface area is 450 Å². The molecular weight excluding hydrogens is 977 g/mol. The van der Waals surface area contributed by atoms with Crippen LogP contribution in [-0.4, -0.2) is 139 Å². The first kappa shape index (κ1) is 53.7. The summed E-state index contributed by atoms with van der Waals surface area (Å²) in [5.74, 6) is -0.0378. The molecule has 0 radical (unpaired) electrons. The summed E-state index contributed by atoms with van der Waals surface area (Å²) >= 11 is 0. The minimum Gasteiger partial charge on any atom is -0.349 e. The lowest BCUT2D eigenvalue weighted by atomic mass is 9.77. The van der Waals surface area contributed by atoms with Crippen molar-refractivity contribution >= 4 is 35.2 Å². The standard InChI is InChI=1S/C59H74N10O8/c1-34-52(36(3)64(5)58(76)60-34)56(74)68-30-43-26-66(27-44(43)31-68)22-20-49(39-10-8-7-9-11-39)62-55(73)42-17-19-48(51(71)25-42)38-12-14-40(15-13-38)50(63-54(72)41-16-18-47(70)24-41)21-23-67-28-45-32-69(33-46(45)29-67)57(75)53-35(2)61-59(77)65(6)37(53)4/h7-15,41-46,48-50H,16-33H2,1-6H3,(H,62,73)(H,63,72)/t41?,42?,43?,44?,45?,46?,48?,49-,50-/m0/s1. The largest absolute Gasteiger partial charge is 0.349 e. The van der Waals surface area contributed by atoms with Gasteiger partial charge in [-0.3, -0.25) is 37.9 Å². The Morgan fingerprint density at radius 2 is 1.00 bits per heavy atom. The van der Waals surface area contributed by atoms with E-state index in [9.17, 15) is 38.4 Å². The molecule has 9 atom stereocenters. The first-order chi connectivity index (χ1) is 36.9. The predicted molar refractivity (Wildman–Crippen MR) is 288 cm³/mol. The number of benzene rings is 2. The smallest absolute Gasteiger partial charge is 0.347 e. The van der Waals surface area contributed by atoms with Gasteiger partial charge in [0.2, 0.25) is 11.8 Å². The van der Waals surface area contributed by atoms with Crippen LogP contribution in [0.5, 0.6) is 0 Å². The second kappa shape index (κ2) is 22.4. The highest BCUT2D eigenvalue weighted by atomic mass is 16.2. The summed E-state index contributed by atoms with van der Waals surface area (Å²) in [6.07, 6.45) is 3.88. The van der Waals surface area contributed by atoms with Crippen molar-refractivity contribution in [1.82, 2.24) is 49.3 Å².